The summed E-state index contributed by atoms with van der Waals surface area (Å²) in [5, 5.41) is 27.4. The second kappa shape index (κ2) is 44.1. The first-order valence-corrected chi connectivity index (χ1v) is 20.9. The molecule has 0 aromatic heterocycles. The molecule has 4 atom stereocenters. The first kappa shape index (κ1) is 39.6. The summed E-state index contributed by atoms with van der Waals surface area (Å²) in [7, 11) is 0. The van der Waals surface area contributed by atoms with Crippen molar-refractivity contribution >= 4 is 104 Å². The fraction of sp³-hybridized carbons (Fsp3) is 1.00. The van der Waals surface area contributed by atoms with Crippen molar-refractivity contribution < 1.29 is 22.7 Å². The van der Waals surface area contributed by atoms with Crippen molar-refractivity contribution in [3.63, 3.8) is 0 Å². The molecule has 208 valence electrons. The predicted octanol–water partition coefficient (Wildman–Crippen LogP) is 6.12. The molecule has 0 saturated carbocycles. The molecule has 0 fully saturated rings. The van der Waals surface area contributed by atoms with Gasteiger partial charge in [-0.3, -0.25) is 0 Å². The fourth-order valence-electron chi connectivity index (χ4n) is 1.46. The minimum atomic E-state index is -0.567. The molecule has 0 bridgehead atoms. The van der Waals surface area contributed by atoms with Crippen LogP contribution in [-0.2, 0) is 0 Å². The second-order valence-electron chi connectivity index (χ2n) is 5.87. The summed E-state index contributed by atoms with van der Waals surface area (Å²) in [6.07, 6.45) is 16.7. The summed E-state index contributed by atoms with van der Waals surface area (Å²) < 4.78 is 20.0. The van der Waals surface area contributed by atoms with E-state index in [9.17, 15) is 0 Å². The quantitative estimate of drug-likeness (QED) is 0.135. The van der Waals surface area contributed by atoms with Gasteiger partial charge in [-0.2, -0.15) is 104 Å². The third-order valence-electron chi connectivity index (χ3n) is 3.20. The van der Waals surface area contributed by atoms with Gasteiger partial charge in [0, 0.05) is 41.4 Å². The minimum absolute atomic E-state index is 0. The number of aliphatic hydroxyl groups excluding tert-OH is 3. The second-order valence-corrected chi connectivity index (χ2v) is 13.7. The van der Waals surface area contributed by atoms with Crippen molar-refractivity contribution in [1.29, 1.82) is 0 Å². The van der Waals surface area contributed by atoms with Gasteiger partial charge in [-0.15, -0.1) is 0 Å². The van der Waals surface area contributed by atoms with Gasteiger partial charge in [-0.05, 0) is 68.0 Å². The zero-order valence-electron chi connectivity index (χ0n) is 25.4. The Bertz CT molecular complexity index is 288. The Morgan fingerprint density at radius 1 is 0.625 bits per heavy atom. The van der Waals surface area contributed by atoms with Gasteiger partial charge < -0.3 is 15.3 Å². The van der Waals surface area contributed by atoms with Gasteiger partial charge >= 0.3 is 0 Å². The summed E-state index contributed by atoms with van der Waals surface area (Å²) in [6, 6.07) is 0. The van der Waals surface area contributed by atoms with E-state index in [0.717, 1.165) is 5.75 Å². The van der Waals surface area contributed by atoms with Crippen LogP contribution in [-0.4, -0.2) is 130 Å². The number of aliphatic hydroxyl groups is 3. The van der Waals surface area contributed by atoms with E-state index in [-0.39, 0.29) is 11.3 Å². The summed E-state index contributed by atoms with van der Waals surface area (Å²) in [6.45, 7) is 0.308. The Morgan fingerprint density at radius 2 is 0.969 bits per heavy atom. The highest BCUT2D eigenvalue weighted by atomic mass is 32.2. The summed E-state index contributed by atoms with van der Waals surface area (Å²) in [5.41, 5.74) is 0. The highest BCUT2D eigenvalue weighted by Crippen LogP contribution is 2.10. The van der Waals surface area contributed by atoms with Crippen molar-refractivity contribution in [1.82, 2.24) is 0 Å². The fourth-order valence-corrected chi connectivity index (χ4v) is 6.55. The largest absolute Gasteiger partial charge is 0.395 e. The lowest BCUT2D eigenvalue weighted by Crippen LogP contribution is -2.30. The van der Waals surface area contributed by atoms with E-state index < -0.39 is 12.2 Å². The van der Waals surface area contributed by atoms with Crippen molar-refractivity contribution in [3.05, 3.63) is 0 Å². The zero-order chi connectivity index (χ0) is 28.8. The molecular weight excluding hydrogens is 576 g/mol. The minimum Gasteiger partial charge on any atom is -0.395 e. The van der Waals surface area contributed by atoms with E-state index in [1.54, 1.807) is 47.0 Å². The van der Waals surface area contributed by atoms with Gasteiger partial charge in [0.15, 0.2) is 0 Å². The van der Waals surface area contributed by atoms with Crippen LogP contribution in [0.2, 0.25) is 0 Å². The molecule has 3 nitrogen and oxygen atoms in total. The molecule has 0 aliphatic carbocycles. The van der Waals surface area contributed by atoms with Gasteiger partial charge in [0.25, 0.3) is 0 Å². The highest BCUT2D eigenvalue weighted by molar-refractivity contribution is 8.03. The van der Waals surface area contributed by atoms with Crippen LogP contribution in [0.4, 0.5) is 0 Å². The lowest BCUT2D eigenvalue weighted by Gasteiger charge is -2.14. The lowest BCUT2D eigenvalue weighted by molar-refractivity contribution is 0.0501. The van der Waals surface area contributed by atoms with E-state index in [2.05, 4.69) is 31.3 Å². The Hall–Kier alpha value is 3.11. The van der Waals surface area contributed by atoms with Crippen molar-refractivity contribution in [2.45, 2.75) is 23.9 Å². The summed E-state index contributed by atoms with van der Waals surface area (Å²) >= 11 is 14.3. The average molecular weight is 641 g/mol. The van der Waals surface area contributed by atoms with Crippen LogP contribution in [0.1, 0.15) is 13.8 Å². The Balaban J connectivity index is -0.0000000480. The van der Waals surface area contributed by atoms with Crippen LogP contribution >= 0.6 is 104 Å². The van der Waals surface area contributed by atoms with Gasteiger partial charge in [-0.25, -0.2) is 0 Å². The van der Waals surface area contributed by atoms with Crippen LogP contribution in [0.5, 0.6) is 0 Å². The molecule has 0 saturated heterocycles. The summed E-state index contributed by atoms with van der Waals surface area (Å²) in [4.78, 5) is 0. The van der Waals surface area contributed by atoms with Gasteiger partial charge in [0.05, 0.1) is 18.8 Å². The van der Waals surface area contributed by atoms with E-state index in [4.69, 9.17) is 21.3 Å². The number of hydrogen-bond acceptors (Lipinski definition) is 11. The maximum atomic E-state index is 9.16. The van der Waals surface area contributed by atoms with Crippen molar-refractivity contribution in [2.24, 2.45) is 0 Å². The maximum absolute atomic E-state index is 9.16. The molecule has 3 N–H and O–H groups in total. The van der Waals surface area contributed by atoms with E-state index in [0.29, 0.717) is 23.4 Å². The molecule has 0 spiro atoms. The molecule has 0 radical (unpaired) electrons. The number of rotatable bonds is 16. The van der Waals surface area contributed by atoms with Crippen LogP contribution in [0.3, 0.4) is 0 Å². The normalized spacial score (nSPS) is 13.0. The van der Waals surface area contributed by atoms with Crippen LogP contribution in [0.15, 0.2) is 0 Å². The van der Waals surface area contributed by atoms with Crippen molar-refractivity contribution in [2.75, 3.05) is 96.9 Å². The number of hydrogen-bond donors (Lipinski definition) is 3. The standard InChI is InChI=1S/C6H14O2S2.C5H12OS2.C5H12S2.C4H10S2.H3P.3H2/c1-9-3-5(7)6(8)4-10-2;1-7-4-5(3-6)8-2;1-6-4-3-5-7-2;1-5-3-4-6-2;;;;/h5-8H,3-4H2,1-2H3;5-6H,3-4H2,1-2H3;3-5H2,1-2H3;3-4H2,1-2H3;1H3;3*1H/i;;;;;2*1+2D;1+2. The Kier molecular flexibility index (Phi) is 54.6. The SMILES string of the molecule is CSCC(CO)SC.CSCC(O)C(O)CSC.CSCCCSC.CSCCSC.P.[2H][3H].[2H][3H].[3HH]. The molecular formula is C20H57O3PS8. The maximum Gasteiger partial charge on any atom is 0.0897 e. The monoisotopic (exact) mass is 640 g/mol. The average Bonchev–Trinajstić information content (AvgIpc) is 2.90. The molecule has 12 heteroatoms. The molecule has 0 rings (SSSR count). The third kappa shape index (κ3) is 46.4. The molecule has 0 aromatic carbocycles. The molecule has 32 heavy (non-hydrogen) atoms. The lowest BCUT2D eigenvalue weighted by atomic mass is 10.3. The van der Waals surface area contributed by atoms with Gasteiger partial charge in [0.2, 0.25) is 0 Å². The van der Waals surface area contributed by atoms with Gasteiger partial charge in [-0.1, -0.05) is 0 Å². The Labute approximate surface area is 245 Å². The topological polar surface area (TPSA) is 60.7 Å². The van der Waals surface area contributed by atoms with Crippen LogP contribution in [0, 0.1) is 0 Å². The molecule has 4 unspecified atom stereocenters. The van der Waals surface area contributed by atoms with E-state index >= 15 is 0 Å². The molecule has 0 aromatic rings. The third-order valence-corrected chi connectivity index (χ3v) is 9.35. The van der Waals surface area contributed by atoms with Gasteiger partial charge in [0.1, 0.15) is 0 Å². The van der Waals surface area contributed by atoms with Crippen molar-refractivity contribution in [3.8, 4) is 0 Å². The number of thioether (sulfide) groups is 8. The van der Waals surface area contributed by atoms with E-state index in [1.165, 1.54) is 29.4 Å². The molecule has 0 amide bonds. The molecule has 0 aliphatic heterocycles. The zero-order valence-corrected chi connectivity index (χ0v) is 29.4. The van der Waals surface area contributed by atoms with Crippen LogP contribution < -0.4 is 0 Å². The van der Waals surface area contributed by atoms with E-state index in [1.807, 2.05) is 65.8 Å². The summed E-state index contributed by atoms with van der Waals surface area (Å²) in [5.74, 6) is 7.51. The van der Waals surface area contributed by atoms with Crippen LogP contribution in [0.25, 0.3) is 0 Å². The first-order chi connectivity index (χ1) is 16.9. The molecule has 0 heterocycles. The smallest absolute Gasteiger partial charge is 0.0897 e. The highest BCUT2D eigenvalue weighted by Gasteiger charge is 2.13. The predicted molar refractivity (Wildman–Crippen MR) is 187 cm³/mol. The first-order valence-electron chi connectivity index (χ1n) is 11.8. The molecule has 0 aliphatic rings. The Morgan fingerprint density at radius 3 is 1.16 bits per heavy atom.